The smallest absolute Gasteiger partial charge is 0.262 e. The van der Waals surface area contributed by atoms with Crippen LogP contribution in [0.3, 0.4) is 0 Å². The molecule has 28 heavy (non-hydrogen) atoms. The van der Waals surface area contributed by atoms with E-state index in [1.807, 2.05) is 18.2 Å². The van der Waals surface area contributed by atoms with E-state index in [-0.39, 0.29) is 16.4 Å². The van der Waals surface area contributed by atoms with E-state index in [9.17, 15) is 4.79 Å². The first-order chi connectivity index (χ1) is 13.1. The second-order valence-electron chi connectivity index (χ2n) is 7.23. The molecule has 0 heterocycles. The first-order valence-corrected chi connectivity index (χ1v) is 9.90. The highest BCUT2D eigenvalue weighted by atomic mass is 79.9. The van der Waals surface area contributed by atoms with Crippen molar-refractivity contribution in [2.24, 2.45) is 5.73 Å². The molecule has 4 N–H and O–H groups in total. The van der Waals surface area contributed by atoms with Gasteiger partial charge in [-0.1, -0.05) is 61.0 Å². The van der Waals surface area contributed by atoms with E-state index in [1.54, 1.807) is 6.08 Å². The van der Waals surface area contributed by atoms with Gasteiger partial charge in [0.2, 0.25) is 0 Å². The maximum absolute atomic E-state index is 11.8. The van der Waals surface area contributed by atoms with Crippen molar-refractivity contribution in [3.63, 3.8) is 0 Å². The summed E-state index contributed by atoms with van der Waals surface area (Å²) in [5.41, 5.74) is 13.3. The molecule has 0 aliphatic carbocycles. The zero-order chi connectivity index (χ0) is 20.7. The molecule has 148 valence electrons. The number of carbonyl (C=O) groups excluding carboxylic acids is 1. The molecule has 0 saturated carbocycles. The Morgan fingerprint density at radius 2 is 1.86 bits per heavy atom. The zero-order valence-electron chi connectivity index (χ0n) is 16.1. The Morgan fingerprint density at radius 1 is 1.18 bits per heavy atom. The highest BCUT2D eigenvalue weighted by Gasteiger charge is 2.13. The van der Waals surface area contributed by atoms with Crippen LogP contribution in [-0.4, -0.2) is 11.0 Å². The number of rotatable bonds is 5. The van der Waals surface area contributed by atoms with Crippen LogP contribution in [0.15, 0.2) is 53.0 Å². The Hall–Kier alpha value is -2.38. The molecule has 5 nitrogen and oxygen atoms in total. The normalized spacial score (nSPS) is 11.3. The Labute approximate surface area is 179 Å². The van der Waals surface area contributed by atoms with Crippen LogP contribution in [0, 0.1) is 0 Å². The fourth-order valence-electron chi connectivity index (χ4n) is 2.37. The third-order valence-corrected chi connectivity index (χ3v) is 4.50. The van der Waals surface area contributed by atoms with Gasteiger partial charge in [0.1, 0.15) is 12.4 Å². The van der Waals surface area contributed by atoms with Gasteiger partial charge in [-0.05, 0) is 53.0 Å². The summed E-state index contributed by atoms with van der Waals surface area (Å²) in [7, 11) is 0. The fraction of sp³-hybridized carbons (Fsp3) is 0.238. The van der Waals surface area contributed by atoms with Gasteiger partial charge in [-0.2, -0.15) is 0 Å². The van der Waals surface area contributed by atoms with E-state index in [0.29, 0.717) is 12.4 Å². The number of nitrogens with one attached hydrogen (secondary N) is 2. The van der Waals surface area contributed by atoms with Crippen LogP contribution in [-0.2, 0) is 16.8 Å². The van der Waals surface area contributed by atoms with E-state index < -0.39 is 0 Å². The maximum Gasteiger partial charge on any atom is 0.262 e. The van der Waals surface area contributed by atoms with Gasteiger partial charge in [0, 0.05) is 16.1 Å². The maximum atomic E-state index is 11.8. The SMILES string of the molecule is CC(C)(C)c1ccc(COc2ccc(Br)cc2/C=C/C(=O)NNC(N)=S)cc1. The molecule has 0 spiro atoms. The van der Waals surface area contributed by atoms with Crippen LogP contribution in [0.25, 0.3) is 6.08 Å². The molecule has 2 aromatic rings. The topological polar surface area (TPSA) is 76.4 Å². The summed E-state index contributed by atoms with van der Waals surface area (Å²) in [6.45, 7) is 6.99. The largest absolute Gasteiger partial charge is 0.488 e. The second kappa shape index (κ2) is 9.71. The van der Waals surface area contributed by atoms with E-state index >= 15 is 0 Å². The Kier molecular flexibility index (Phi) is 7.60. The van der Waals surface area contributed by atoms with E-state index in [4.69, 9.17) is 10.5 Å². The number of amides is 1. The minimum absolute atomic E-state index is 0.00860. The predicted molar refractivity (Wildman–Crippen MR) is 121 cm³/mol. The molecule has 0 fully saturated rings. The predicted octanol–water partition coefficient (Wildman–Crippen LogP) is 4.20. The van der Waals surface area contributed by atoms with E-state index in [0.717, 1.165) is 15.6 Å². The molecule has 0 aliphatic heterocycles. The van der Waals surface area contributed by atoms with Gasteiger partial charge < -0.3 is 10.5 Å². The molecule has 1 amide bonds. The molecule has 0 bridgehead atoms. The number of nitrogens with two attached hydrogens (primary N) is 1. The van der Waals surface area contributed by atoms with Crippen LogP contribution in [0.5, 0.6) is 5.75 Å². The number of halogens is 1. The van der Waals surface area contributed by atoms with Crippen molar-refractivity contribution < 1.29 is 9.53 Å². The monoisotopic (exact) mass is 461 g/mol. The molecule has 2 rings (SSSR count). The van der Waals surface area contributed by atoms with Crippen molar-refractivity contribution in [3.05, 3.63) is 69.7 Å². The van der Waals surface area contributed by atoms with Crippen molar-refractivity contribution in [1.29, 1.82) is 0 Å². The van der Waals surface area contributed by atoms with E-state index in [1.165, 1.54) is 11.6 Å². The van der Waals surface area contributed by atoms with Gasteiger partial charge >= 0.3 is 0 Å². The summed E-state index contributed by atoms with van der Waals surface area (Å²) < 4.78 is 6.86. The van der Waals surface area contributed by atoms with Crippen molar-refractivity contribution >= 4 is 45.2 Å². The van der Waals surface area contributed by atoms with Crippen LogP contribution < -0.4 is 21.3 Å². The number of benzene rings is 2. The minimum atomic E-state index is -0.378. The Bertz CT molecular complexity index is 874. The van der Waals surface area contributed by atoms with Crippen LogP contribution in [0.1, 0.15) is 37.5 Å². The lowest BCUT2D eigenvalue weighted by Crippen LogP contribution is -2.43. The van der Waals surface area contributed by atoms with Crippen molar-refractivity contribution in [3.8, 4) is 5.75 Å². The number of carbonyl (C=O) groups is 1. The molecule has 0 atom stereocenters. The zero-order valence-corrected chi connectivity index (χ0v) is 18.5. The van der Waals surface area contributed by atoms with Crippen molar-refractivity contribution in [2.75, 3.05) is 0 Å². The summed E-state index contributed by atoms with van der Waals surface area (Å²) in [5.74, 6) is 0.297. The summed E-state index contributed by atoms with van der Waals surface area (Å²) >= 11 is 8.08. The summed E-state index contributed by atoms with van der Waals surface area (Å²) in [5, 5.41) is -0.00860. The average molecular weight is 462 g/mol. The van der Waals surface area contributed by atoms with Crippen LogP contribution in [0.4, 0.5) is 0 Å². The molecule has 0 aliphatic rings. The third-order valence-electron chi connectivity index (χ3n) is 3.91. The van der Waals surface area contributed by atoms with Crippen LogP contribution >= 0.6 is 28.1 Å². The molecular weight excluding hydrogens is 438 g/mol. The average Bonchev–Trinajstić information content (AvgIpc) is 2.63. The van der Waals surface area contributed by atoms with Crippen LogP contribution in [0.2, 0.25) is 0 Å². The number of hydrogen-bond acceptors (Lipinski definition) is 3. The molecule has 0 saturated heterocycles. The third kappa shape index (κ3) is 6.98. The van der Waals surface area contributed by atoms with E-state index in [2.05, 4.69) is 84.0 Å². The second-order valence-corrected chi connectivity index (χ2v) is 8.59. The number of thiocarbonyl (C=S) groups is 1. The molecule has 2 aromatic carbocycles. The summed E-state index contributed by atoms with van der Waals surface area (Å²) in [4.78, 5) is 11.8. The highest BCUT2D eigenvalue weighted by Crippen LogP contribution is 2.26. The van der Waals surface area contributed by atoms with Crippen molar-refractivity contribution in [1.82, 2.24) is 10.9 Å². The number of ether oxygens (including phenoxy) is 1. The quantitative estimate of drug-likeness (QED) is 0.353. The molecule has 7 heteroatoms. The van der Waals surface area contributed by atoms with Gasteiger partial charge in [0.25, 0.3) is 5.91 Å². The lowest BCUT2D eigenvalue weighted by Gasteiger charge is -2.19. The van der Waals surface area contributed by atoms with Gasteiger partial charge in [-0.25, -0.2) is 0 Å². The summed E-state index contributed by atoms with van der Waals surface area (Å²) in [6.07, 6.45) is 3.04. The fourth-order valence-corrected chi connectivity index (χ4v) is 2.80. The molecule has 0 radical (unpaired) electrons. The van der Waals surface area contributed by atoms with Gasteiger partial charge in [-0.15, -0.1) is 0 Å². The standard InChI is InChI=1S/C21H24BrN3O2S/c1-21(2,3)16-7-4-14(5-8-16)13-27-18-10-9-17(22)12-15(18)6-11-19(26)24-25-20(23)28/h4-12H,13H2,1-3H3,(H,24,26)(H3,23,25,28)/b11-6+. The van der Waals surface area contributed by atoms with Gasteiger partial charge in [0.05, 0.1) is 0 Å². The lowest BCUT2D eigenvalue weighted by molar-refractivity contribution is -0.116. The first kappa shape index (κ1) is 21.9. The number of hydrogen-bond donors (Lipinski definition) is 3. The van der Waals surface area contributed by atoms with Gasteiger partial charge in [0.15, 0.2) is 5.11 Å². The summed E-state index contributed by atoms with van der Waals surface area (Å²) in [6, 6.07) is 14.0. The van der Waals surface area contributed by atoms with Crippen molar-refractivity contribution in [2.45, 2.75) is 32.8 Å². The first-order valence-electron chi connectivity index (χ1n) is 8.70. The molecule has 0 aromatic heterocycles. The Morgan fingerprint density at radius 3 is 2.46 bits per heavy atom. The molecular formula is C21H24BrN3O2S. The lowest BCUT2D eigenvalue weighted by atomic mass is 9.87. The van der Waals surface area contributed by atoms with Gasteiger partial charge in [-0.3, -0.25) is 15.6 Å². The Balaban J connectivity index is 2.07. The minimum Gasteiger partial charge on any atom is -0.488 e. The highest BCUT2D eigenvalue weighted by molar-refractivity contribution is 9.10. The molecule has 0 unspecified atom stereocenters. The number of hydrazine groups is 1.